The Labute approximate surface area is 102 Å². The van der Waals surface area contributed by atoms with Gasteiger partial charge in [-0.2, -0.15) is 11.8 Å². The lowest BCUT2D eigenvalue weighted by Crippen LogP contribution is -2.25. The zero-order valence-electron chi connectivity index (χ0n) is 9.88. The largest absolute Gasteiger partial charge is 0.309 e. The van der Waals surface area contributed by atoms with Crippen LogP contribution in [0, 0.1) is 0 Å². The summed E-state index contributed by atoms with van der Waals surface area (Å²) in [5, 5.41) is 3.57. The van der Waals surface area contributed by atoms with Gasteiger partial charge in [-0.1, -0.05) is 6.92 Å². The molecular weight excluding hydrogens is 222 g/mol. The Morgan fingerprint density at radius 2 is 2.13 bits per heavy atom. The molecule has 0 aromatic carbocycles. The number of hydrogen-bond donors (Lipinski definition) is 1. The van der Waals surface area contributed by atoms with Crippen LogP contribution in [0.1, 0.15) is 30.0 Å². The normalized spacial score (nSPS) is 13.0. The van der Waals surface area contributed by atoms with Gasteiger partial charge in [0.15, 0.2) is 0 Å². The van der Waals surface area contributed by atoms with Gasteiger partial charge < -0.3 is 5.32 Å². The first kappa shape index (κ1) is 13.1. The fourth-order valence-electron chi connectivity index (χ4n) is 1.38. The quantitative estimate of drug-likeness (QED) is 0.786. The summed E-state index contributed by atoms with van der Waals surface area (Å²) in [5.41, 5.74) is 0. The van der Waals surface area contributed by atoms with Crippen LogP contribution in [0.4, 0.5) is 0 Å². The summed E-state index contributed by atoms with van der Waals surface area (Å²) >= 11 is 3.85. The molecule has 0 spiro atoms. The Balaban J connectivity index is 2.24. The minimum atomic E-state index is 0.629. The molecule has 1 aromatic heterocycles. The smallest absolute Gasteiger partial charge is 0.0302 e. The molecule has 1 heterocycles. The van der Waals surface area contributed by atoms with E-state index >= 15 is 0 Å². The molecule has 0 fully saturated rings. The fraction of sp³-hybridized carbons (Fsp3) is 0.667. The molecule has 86 valence electrons. The molecule has 0 aliphatic carbocycles. The van der Waals surface area contributed by atoms with E-state index in [1.165, 1.54) is 21.9 Å². The zero-order chi connectivity index (χ0) is 11.1. The molecule has 0 amide bonds. The van der Waals surface area contributed by atoms with Crippen molar-refractivity contribution in [2.75, 3.05) is 12.0 Å². The van der Waals surface area contributed by atoms with Crippen LogP contribution in [0.2, 0.25) is 0 Å². The molecule has 15 heavy (non-hydrogen) atoms. The summed E-state index contributed by atoms with van der Waals surface area (Å²) in [5.74, 6) is 1.25. The molecule has 0 radical (unpaired) electrons. The van der Waals surface area contributed by atoms with Gasteiger partial charge in [0.05, 0.1) is 0 Å². The summed E-state index contributed by atoms with van der Waals surface area (Å²) < 4.78 is 0. The van der Waals surface area contributed by atoms with Gasteiger partial charge in [0.2, 0.25) is 0 Å². The second-order valence-corrected chi connectivity index (χ2v) is 6.02. The van der Waals surface area contributed by atoms with Gasteiger partial charge in [-0.25, -0.2) is 0 Å². The monoisotopic (exact) mass is 243 g/mol. The predicted octanol–water partition coefficient (Wildman–Crippen LogP) is 3.54. The molecule has 1 nitrogen and oxygen atoms in total. The van der Waals surface area contributed by atoms with Crippen molar-refractivity contribution in [1.82, 2.24) is 5.32 Å². The van der Waals surface area contributed by atoms with Crippen LogP contribution in [0.15, 0.2) is 12.1 Å². The Kier molecular flexibility index (Phi) is 6.37. The first-order valence-electron chi connectivity index (χ1n) is 5.56. The molecule has 0 saturated carbocycles. The van der Waals surface area contributed by atoms with E-state index in [0.29, 0.717) is 6.04 Å². The van der Waals surface area contributed by atoms with Crippen molar-refractivity contribution in [2.45, 2.75) is 39.3 Å². The standard InChI is InChI=1S/C12H21NS2/c1-4-11-5-6-12(15-11)9-13-10(2)7-8-14-3/h5-6,10,13H,4,7-9H2,1-3H3. The lowest BCUT2D eigenvalue weighted by atomic mass is 10.2. The van der Waals surface area contributed by atoms with E-state index in [2.05, 4.69) is 37.6 Å². The fourth-order valence-corrected chi connectivity index (χ4v) is 2.88. The Morgan fingerprint density at radius 1 is 1.40 bits per heavy atom. The van der Waals surface area contributed by atoms with Gasteiger partial charge >= 0.3 is 0 Å². The number of thiophene rings is 1. The topological polar surface area (TPSA) is 12.0 Å². The van der Waals surface area contributed by atoms with Gasteiger partial charge in [0.1, 0.15) is 0 Å². The third kappa shape index (κ3) is 5.05. The van der Waals surface area contributed by atoms with E-state index < -0.39 is 0 Å². The van der Waals surface area contributed by atoms with Crippen LogP contribution >= 0.6 is 23.1 Å². The van der Waals surface area contributed by atoms with E-state index in [-0.39, 0.29) is 0 Å². The van der Waals surface area contributed by atoms with Gasteiger partial charge in [-0.05, 0) is 43.9 Å². The lowest BCUT2D eigenvalue weighted by Gasteiger charge is -2.11. The highest BCUT2D eigenvalue weighted by atomic mass is 32.2. The van der Waals surface area contributed by atoms with E-state index in [9.17, 15) is 0 Å². The van der Waals surface area contributed by atoms with Gasteiger partial charge in [0, 0.05) is 22.3 Å². The first-order chi connectivity index (χ1) is 7.26. The molecule has 1 N–H and O–H groups in total. The van der Waals surface area contributed by atoms with Gasteiger partial charge in [0.25, 0.3) is 0 Å². The van der Waals surface area contributed by atoms with E-state index in [4.69, 9.17) is 0 Å². The number of aryl methyl sites for hydroxylation is 1. The van der Waals surface area contributed by atoms with Crippen LogP contribution in [0.5, 0.6) is 0 Å². The van der Waals surface area contributed by atoms with E-state index in [1.54, 1.807) is 0 Å². The number of rotatable bonds is 7. The van der Waals surface area contributed by atoms with Crippen LogP contribution in [-0.4, -0.2) is 18.1 Å². The first-order valence-corrected chi connectivity index (χ1v) is 7.77. The third-order valence-corrected chi connectivity index (χ3v) is 4.32. The van der Waals surface area contributed by atoms with Crippen LogP contribution in [0.3, 0.4) is 0 Å². The SMILES string of the molecule is CCc1ccc(CNC(C)CCSC)s1. The second kappa shape index (κ2) is 7.31. The van der Waals surface area contributed by atoms with Crippen molar-refractivity contribution < 1.29 is 0 Å². The summed E-state index contributed by atoms with van der Waals surface area (Å²) in [6, 6.07) is 5.12. The summed E-state index contributed by atoms with van der Waals surface area (Å²) in [7, 11) is 0. The summed E-state index contributed by atoms with van der Waals surface area (Å²) in [4.78, 5) is 2.95. The summed E-state index contributed by atoms with van der Waals surface area (Å²) in [6.45, 7) is 5.51. The molecule has 0 aliphatic heterocycles. The van der Waals surface area contributed by atoms with Crippen LogP contribution < -0.4 is 5.32 Å². The molecule has 0 saturated heterocycles. The second-order valence-electron chi connectivity index (χ2n) is 3.78. The maximum absolute atomic E-state index is 3.57. The van der Waals surface area contributed by atoms with Crippen molar-refractivity contribution in [3.63, 3.8) is 0 Å². The Hall–Kier alpha value is 0.01000. The highest BCUT2D eigenvalue weighted by molar-refractivity contribution is 7.98. The molecule has 3 heteroatoms. The van der Waals surface area contributed by atoms with Crippen LogP contribution in [0.25, 0.3) is 0 Å². The third-order valence-electron chi connectivity index (χ3n) is 2.45. The Morgan fingerprint density at radius 3 is 2.73 bits per heavy atom. The maximum Gasteiger partial charge on any atom is 0.0302 e. The number of thioether (sulfide) groups is 1. The average Bonchev–Trinajstić information content (AvgIpc) is 2.71. The van der Waals surface area contributed by atoms with Crippen LogP contribution in [-0.2, 0) is 13.0 Å². The van der Waals surface area contributed by atoms with Gasteiger partial charge in [-0.3, -0.25) is 0 Å². The van der Waals surface area contributed by atoms with Crippen molar-refractivity contribution in [3.8, 4) is 0 Å². The van der Waals surface area contributed by atoms with Crippen molar-refractivity contribution >= 4 is 23.1 Å². The van der Waals surface area contributed by atoms with Crippen molar-refractivity contribution in [2.24, 2.45) is 0 Å². The molecular formula is C12H21NS2. The van der Waals surface area contributed by atoms with Crippen molar-refractivity contribution in [1.29, 1.82) is 0 Å². The molecule has 1 aromatic rings. The molecule has 0 aliphatic rings. The average molecular weight is 243 g/mol. The lowest BCUT2D eigenvalue weighted by molar-refractivity contribution is 0.541. The van der Waals surface area contributed by atoms with Gasteiger partial charge in [-0.15, -0.1) is 11.3 Å². The molecule has 1 rings (SSSR count). The molecule has 1 unspecified atom stereocenters. The minimum Gasteiger partial charge on any atom is -0.309 e. The highest BCUT2D eigenvalue weighted by Gasteiger charge is 2.02. The van der Waals surface area contributed by atoms with Crippen molar-refractivity contribution in [3.05, 3.63) is 21.9 Å². The number of nitrogens with one attached hydrogen (secondary N) is 1. The molecule has 1 atom stereocenters. The molecule has 0 bridgehead atoms. The maximum atomic E-state index is 3.57. The summed E-state index contributed by atoms with van der Waals surface area (Å²) in [6.07, 6.45) is 4.58. The van der Waals surface area contributed by atoms with E-state index in [1.807, 2.05) is 23.1 Å². The minimum absolute atomic E-state index is 0.629. The Bertz CT molecular complexity index is 270. The zero-order valence-corrected chi connectivity index (χ0v) is 11.5. The number of hydrogen-bond acceptors (Lipinski definition) is 3. The van der Waals surface area contributed by atoms with E-state index in [0.717, 1.165) is 13.0 Å². The highest BCUT2D eigenvalue weighted by Crippen LogP contribution is 2.16. The predicted molar refractivity (Wildman–Crippen MR) is 73.0 cm³/mol.